The van der Waals surface area contributed by atoms with Crippen LogP contribution >= 0.6 is 15.9 Å². The minimum atomic E-state index is -0.143. The van der Waals surface area contributed by atoms with Crippen LogP contribution in [0.4, 0.5) is 0 Å². The first-order chi connectivity index (χ1) is 9.56. The smallest absolute Gasteiger partial charge is 0.0738 e. The number of aryl methyl sites for hydroxylation is 2. The van der Waals surface area contributed by atoms with Crippen molar-refractivity contribution in [3.63, 3.8) is 0 Å². The molecule has 0 amide bonds. The van der Waals surface area contributed by atoms with E-state index in [1.54, 1.807) is 0 Å². The van der Waals surface area contributed by atoms with Crippen LogP contribution in [0.5, 0.6) is 0 Å². The Hall–Kier alpha value is -0.350. The van der Waals surface area contributed by atoms with Crippen molar-refractivity contribution in [3.8, 4) is 0 Å². The second-order valence-electron chi connectivity index (χ2n) is 6.16. The van der Waals surface area contributed by atoms with Gasteiger partial charge in [-0.25, -0.2) is 0 Å². The second kappa shape index (κ2) is 7.08. The minimum Gasteiger partial charge on any atom is -0.393 e. The Morgan fingerprint density at radius 1 is 1.35 bits per heavy atom. The molecular formula is C16H27BrN2O. The number of rotatable bonds is 5. The lowest BCUT2D eigenvalue weighted by Gasteiger charge is -2.33. The van der Waals surface area contributed by atoms with Gasteiger partial charge in [0.05, 0.1) is 22.0 Å². The Morgan fingerprint density at radius 3 is 2.75 bits per heavy atom. The zero-order valence-corrected chi connectivity index (χ0v) is 14.5. The lowest BCUT2D eigenvalue weighted by Crippen LogP contribution is -2.31. The van der Waals surface area contributed by atoms with Gasteiger partial charge < -0.3 is 5.11 Å². The highest BCUT2D eigenvalue weighted by atomic mass is 79.9. The van der Waals surface area contributed by atoms with Gasteiger partial charge in [-0.3, -0.25) is 4.68 Å². The number of aromatic nitrogens is 2. The quantitative estimate of drug-likeness (QED) is 0.874. The third kappa shape index (κ3) is 3.45. The molecule has 0 spiro atoms. The molecule has 1 aromatic rings. The Bertz CT molecular complexity index is 444. The molecule has 1 aliphatic carbocycles. The van der Waals surface area contributed by atoms with E-state index in [0.29, 0.717) is 5.92 Å². The number of nitrogens with zero attached hydrogens (tertiary/aromatic N) is 2. The summed E-state index contributed by atoms with van der Waals surface area (Å²) >= 11 is 3.67. The van der Waals surface area contributed by atoms with E-state index in [9.17, 15) is 5.11 Å². The predicted octanol–water partition coefficient (Wildman–Crippen LogP) is 4.09. The molecule has 3 nitrogen and oxygen atoms in total. The van der Waals surface area contributed by atoms with E-state index >= 15 is 0 Å². The number of halogens is 1. The van der Waals surface area contributed by atoms with E-state index in [0.717, 1.165) is 41.9 Å². The first-order valence-corrected chi connectivity index (χ1v) is 8.75. The number of hydrogen-bond acceptors (Lipinski definition) is 2. The van der Waals surface area contributed by atoms with Gasteiger partial charge in [0.1, 0.15) is 0 Å². The largest absolute Gasteiger partial charge is 0.393 e. The molecule has 0 aromatic carbocycles. The van der Waals surface area contributed by atoms with Crippen LogP contribution in [0.2, 0.25) is 0 Å². The standard InChI is InChI=1S/C16H27BrN2O/c1-4-6-12-7-8-15(20)13(9-12)10-14-16(17)11(3)18-19(14)5-2/h12-13,15,20H,4-10H2,1-3H3. The Kier molecular flexibility index (Phi) is 5.67. The van der Waals surface area contributed by atoms with Crippen molar-refractivity contribution >= 4 is 15.9 Å². The van der Waals surface area contributed by atoms with Crippen molar-refractivity contribution in [2.75, 3.05) is 0 Å². The summed E-state index contributed by atoms with van der Waals surface area (Å²) in [6.07, 6.45) is 6.67. The molecule has 20 heavy (non-hydrogen) atoms. The third-order valence-corrected chi connectivity index (χ3v) is 5.69. The Morgan fingerprint density at radius 2 is 2.10 bits per heavy atom. The fraction of sp³-hybridized carbons (Fsp3) is 0.812. The SMILES string of the molecule is CCCC1CCC(O)C(Cc2c(Br)c(C)nn2CC)C1. The maximum absolute atomic E-state index is 10.3. The third-order valence-electron chi connectivity index (χ3n) is 4.66. The van der Waals surface area contributed by atoms with Crippen LogP contribution in [0.15, 0.2) is 4.47 Å². The summed E-state index contributed by atoms with van der Waals surface area (Å²) < 4.78 is 3.21. The molecule has 0 bridgehead atoms. The van der Waals surface area contributed by atoms with Crippen molar-refractivity contribution < 1.29 is 5.11 Å². The monoisotopic (exact) mass is 342 g/mol. The normalized spacial score (nSPS) is 26.9. The van der Waals surface area contributed by atoms with Crippen molar-refractivity contribution in [3.05, 3.63) is 15.9 Å². The molecule has 114 valence electrons. The first-order valence-electron chi connectivity index (χ1n) is 7.96. The summed E-state index contributed by atoms with van der Waals surface area (Å²) in [6, 6.07) is 0. The van der Waals surface area contributed by atoms with Gasteiger partial charge in [0.15, 0.2) is 0 Å². The molecule has 3 unspecified atom stereocenters. The Balaban J connectivity index is 2.11. The first kappa shape index (κ1) is 16.0. The van der Waals surface area contributed by atoms with Gasteiger partial charge in [-0.2, -0.15) is 5.10 Å². The fourth-order valence-corrected chi connectivity index (χ4v) is 3.99. The van der Waals surface area contributed by atoms with Gasteiger partial charge in [0, 0.05) is 6.54 Å². The molecule has 0 saturated heterocycles. The van der Waals surface area contributed by atoms with Crippen LogP contribution in [0.25, 0.3) is 0 Å². The van der Waals surface area contributed by atoms with E-state index in [4.69, 9.17) is 0 Å². The van der Waals surface area contributed by atoms with Gasteiger partial charge in [-0.05, 0) is 67.3 Å². The maximum atomic E-state index is 10.3. The van der Waals surface area contributed by atoms with Crippen molar-refractivity contribution in [1.29, 1.82) is 0 Å². The van der Waals surface area contributed by atoms with E-state index in [-0.39, 0.29) is 6.10 Å². The summed E-state index contributed by atoms with van der Waals surface area (Å²) in [5, 5.41) is 14.9. The lowest BCUT2D eigenvalue weighted by atomic mass is 9.76. The molecule has 3 atom stereocenters. The Labute approximate surface area is 130 Å². The topological polar surface area (TPSA) is 38.1 Å². The number of aliphatic hydroxyl groups is 1. The van der Waals surface area contributed by atoms with Crippen LogP contribution < -0.4 is 0 Å². The van der Waals surface area contributed by atoms with Gasteiger partial charge >= 0.3 is 0 Å². The highest BCUT2D eigenvalue weighted by Crippen LogP contribution is 2.35. The fourth-order valence-electron chi connectivity index (χ4n) is 3.55. The molecule has 1 saturated carbocycles. The van der Waals surface area contributed by atoms with Crippen LogP contribution in [-0.2, 0) is 13.0 Å². The molecule has 1 fully saturated rings. The van der Waals surface area contributed by atoms with Gasteiger partial charge in [0.2, 0.25) is 0 Å². The van der Waals surface area contributed by atoms with Gasteiger partial charge in [0.25, 0.3) is 0 Å². The van der Waals surface area contributed by atoms with Crippen LogP contribution in [0.1, 0.15) is 57.3 Å². The zero-order valence-electron chi connectivity index (χ0n) is 12.9. The second-order valence-corrected chi connectivity index (χ2v) is 6.95. The van der Waals surface area contributed by atoms with Gasteiger partial charge in [-0.1, -0.05) is 19.8 Å². The predicted molar refractivity (Wildman–Crippen MR) is 85.8 cm³/mol. The van der Waals surface area contributed by atoms with Crippen molar-refractivity contribution in [1.82, 2.24) is 9.78 Å². The van der Waals surface area contributed by atoms with Gasteiger partial charge in [-0.15, -0.1) is 0 Å². The zero-order chi connectivity index (χ0) is 14.7. The van der Waals surface area contributed by atoms with E-state index < -0.39 is 0 Å². The molecule has 1 aromatic heterocycles. The summed E-state index contributed by atoms with van der Waals surface area (Å²) in [5.74, 6) is 1.18. The van der Waals surface area contributed by atoms with Crippen LogP contribution in [-0.4, -0.2) is 21.0 Å². The molecule has 1 heterocycles. The molecule has 0 radical (unpaired) electrons. The molecular weight excluding hydrogens is 316 g/mol. The minimum absolute atomic E-state index is 0.143. The summed E-state index contributed by atoms with van der Waals surface area (Å²) in [6.45, 7) is 7.31. The van der Waals surface area contributed by atoms with E-state index in [2.05, 4.69) is 39.6 Å². The summed E-state index contributed by atoms with van der Waals surface area (Å²) in [7, 11) is 0. The molecule has 4 heteroatoms. The summed E-state index contributed by atoms with van der Waals surface area (Å²) in [4.78, 5) is 0. The highest BCUT2D eigenvalue weighted by molar-refractivity contribution is 9.10. The number of aliphatic hydroxyl groups excluding tert-OH is 1. The van der Waals surface area contributed by atoms with E-state index in [1.165, 1.54) is 25.0 Å². The average Bonchev–Trinajstić information content (AvgIpc) is 2.70. The van der Waals surface area contributed by atoms with E-state index in [1.807, 2.05) is 6.92 Å². The highest BCUT2D eigenvalue weighted by Gasteiger charge is 2.30. The molecule has 2 rings (SSSR count). The lowest BCUT2D eigenvalue weighted by molar-refractivity contribution is 0.0452. The molecule has 1 N–H and O–H groups in total. The molecule has 0 aliphatic heterocycles. The summed E-state index contributed by atoms with van der Waals surface area (Å²) in [5.41, 5.74) is 2.31. The van der Waals surface area contributed by atoms with Crippen molar-refractivity contribution in [2.24, 2.45) is 11.8 Å². The number of hydrogen-bond donors (Lipinski definition) is 1. The maximum Gasteiger partial charge on any atom is 0.0738 e. The van der Waals surface area contributed by atoms with Crippen LogP contribution in [0.3, 0.4) is 0 Å². The van der Waals surface area contributed by atoms with Crippen molar-refractivity contribution in [2.45, 2.75) is 71.9 Å². The van der Waals surface area contributed by atoms with Crippen LogP contribution in [0, 0.1) is 18.8 Å². The average molecular weight is 343 g/mol. The molecule has 1 aliphatic rings.